The molecule has 0 aromatic carbocycles. The lowest BCUT2D eigenvalue weighted by Crippen LogP contribution is -2.39. The number of likely N-dealkylation sites (tertiary alicyclic amines) is 1. The molecule has 2 aromatic heterocycles. The van der Waals surface area contributed by atoms with Crippen LogP contribution in [0.4, 0.5) is 5.95 Å². The van der Waals surface area contributed by atoms with Crippen LogP contribution in [0.3, 0.4) is 0 Å². The number of aromatic nitrogens is 2. The molecule has 118 valence electrons. The molecular formula is C15H20N4O3. The lowest BCUT2D eigenvalue weighted by molar-refractivity contribution is 0.0662. The number of piperidine rings is 1. The van der Waals surface area contributed by atoms with Gasteiger partial charge in [-0.05, 0) is 31.0 Å². The maximum atomic E-state index is 12.5. The predicted octanol–water partition coefficient (Wildman–Crippen LogP) is 2.06. The molecule has 0 radical (unpaired) electrons. The minimum Gasteiger partial charge on any atom is -0.459 e. The molecule has 1 saturated heterocycles. The number of nitrogens with zero attached hydrogens (tertiary/aromatic N) is 4. The number of aryl methyl sites for hydroxylation is 1. The normalized spacial score (nSPS) is 18.5. The summed E-state index contributed by atoms with van der Waals surface area (Å²) >= 11 is 0. The van der Waals surface area contributed by atoms with E-state index in [0.717, 1.165) is 24.9 Å². The summed E-state index contributed by atoms with van der Waals surface area (Å²) in [6.07, 6.45) is 3.40. The highest BCUT2D eigenvalue weighted by Gasteiger charge is 2.30. The number of hydrogen-bond donors (Lipinski definition) is 0. The summed E-state index contributed by atoms with van der Waals surface area (Å²) in [5.41, 5.74) is 0.861. The van der Waals surface area contributed by atoms with Gasteiger partial charge in [-0.15, -0.1) is 0 Å². The Morgan fingerprint density at radius 1 is 1.45 bits per heavy atom. The number of carbonyl (C=O) groups is 1. The first-order valence-electron chi connectivity index (χ1n) is 7.40. The highest BCUT2D eigenvalue weighted by molar-refractivity contribution is 5.92. The molecule has 0 bridgehead atoms. The Hall–Kier alpha value is -2.31. The van der Waals surface area contributed by atoms with Gasteiger partial charge in [0, 0.05) is 32.7 Å². The molecule has 7 heteroatoms. The average molecular weight is 304 g/mol. The zero-order valence-electron chi connectivity index (χ0n) is 13.1. The van der Waals surface area contributed by atoms with Crippen LogP contribution in [-0.2, 0) is 0 Å². The fraction of sp³-hybridized carbons (Fsp3) is 0.533. The van der Waals surface area contributed by atoms with Crippen molar-refractivity contribution >= 4 is 11.9 Å². The monoisotopic (exact) mass is 304 g/mol. The van der Waals surface area contributed by atoms with Crippen LogP contribution in [0.2, 0.25) is 0 Å². The van der Waals surface area contributed by atoms with Gasteiger partial charge in [0.25, 0.3) is 11.9 Å². The minimum atomic E-state index is -0.0699. The average Bonchev–Trinajstić information content (AvgIpc) is 3.15. The summed E-state index contributed by atoms with van der Waals surface area (Å²) < 4.78 is 10.7. The molecule has 3 rings (SSSR count). The second kappa shape index (κ2) is 5.82. The Labute approximate surface area is 128 Å². The summed E-state index contributed by atoms with van der Waals surface area (Å²) in [7, 11) is 3.73. The van der Waals surface area contributed by atoms with Crippen molar-refractivity contribution in [1.82, 2.24) is 15.0 Å². The number of anilines is 1. The number of rotatable bonds is 3. The van der Waals surface area contributed by atoms with Crippen LogP contribution in [0, 0.1) is 6.92 Å². The second-order valence-electron chi connectivity index (χ2n) is 5.85. The van der Waals surface area contributed by atoms with Crippen LogP contribution in [0.15, 0.2) is 21.3 Å². The summed E-state index contributed by atoms with van der Waals surface area (Å²) in [5, 5.41) is 3.94. The Balaban J connectivity index is 1.73. The Bertz CT molecular complexity index is 661. The van der Waals surface area contributed by atoms with E-state index in [9.17, 15) is 4.79 Å². The molecular weight excluding hydrogens is 284 g/mol. The van der Waals surface area contributed by atoms with E-state index in [1.54, 1.807) is 22.1 Å². The summed E-state index contributed by atoms with van der Waals surface area (Å²) in [5.74, 6) is 1.58. The molecule has 22 heavy (non-hydrogen) atoms. The Kier molecular flexibility index (Phi) is 3.87. The maximum absolute atomic E-state index is 12.5. The first-order chi connectivity index (χ1) is 10.6. The Morgan fingerprint density at radius 3 is 2.91 bits per heavy atom. The lowest BCUT2D eigenvalue weighted by atomic mass is 9.97. The van der Waals surface area contributed by atoms with Gasteiger partial charge in [-0.1, -0.05) is 0 Å². The standard InChI is InChI=1S/C15H20N4O3/c1-10-6-8-21-12(10)14(20)19-7-4-5-11(9-19)13-16-15(17-22-13)18(2)3/h6,8,11H,4-5,7,9H2,1-3H3/t11-/m0/s1. The molecule has 1 fully saturated rings. The first kappa shape index (κ1) is 14.6. The summed E-state index contributed by atoms with van der Waals surface area (Å²) in [4.78, 5) is 20.5. The van der Waals surface area contributed by atoms with Gasteiger partial charge in [-0.25, -0.2) is 0 Å². The van der Waals surface area contributed by atoms with Gasteiger partial charge in [-0.3, -0.25) is 4.79 Å². The third-order valence-electron chi connectivity index (χ3n) is 3.95. The van der Waals surface area contributed by atoms with Crippen LogP contribution < -0.4 is 4.90 Å². The van der Waals surface area contributed by atoms with E-state index >= 15 is 0 Å². The third kappa shape index (κ3) is 2.70. The molecule has 0 saturated carbocycles. The van der Waals surface area contributed by atoms with Crippen LogP contribution >= 0.6 is 0 Å². The molecule has 1 aliphatic rings. The topological polar surface area (TPSA) is 75.6 Å². The molecule has 0 unspecified atom stereocenters. The van der Waals surface area contributed by atoms with E-state index in [2.05, 4.69) is 10.1 Å². The zero-order valence-corrected chi connectivity index (χ0v) is 13.1. The van der Waals surface area contributed by atoms with Crippen molar-refractivity contribution in [2.24, 2.45) is 0 Å². The Morgan fingerprint density at radius 2 is 2.27 bits per heavy atom. The van der Waals surface area contributed by atoms with E-state index in [4.69, 9.17) is 8.94 Å². The van der Waals surface area contributed by atoms with Gasteiger partial charge in [-0.2, -0.15) is 4.98 Å². The van der Waals surface area contributed by atoms with Gasteiger partial charge in [0.2, 0.25) is 5.89 Å². The number of furan rings is 1. The van der Waals surface area contributed by atoms with E-state index in [1.807, 2.05) is 21.0 Å². The van der Waals surface area contributed by atoms with Gasteiger partial charge < -0.3 is 18.7 Å². The van der Waals surface area contributed by atoms with E-state index in [0.29, 0.717) is 24.1 Å². The number of amides is 1. The van der Waals surface area contributed by atoms with Crippen molar-refractivity contribution in [2.75, 3.05) is 32.1 Å². The highest BCUT2D eigenvalue weighted by Crippen LogP contribution is 2.28. The molecule has 0 N–H and O–H groups in total. The fourth-order valence-electron chi connectivity index (χ4n) is 2.67. The van der Waals surface area contributed by atoms with Crippen LogP contribution in [0.1, 0.15) is 40.8 Å². The van der Waals surface area contributed by atoms with Crippen LogP contribution in [0.25, 0.3) is 0 Å². The van der Waals surface area contributed by atoms with Crippen molar-refractivity contribution in [2.45, 2.75) is 25.7 Å². The minimum absolute atomic E-state index is 0.0699. The number of carbonyl (C=O) groups excluding carboxylic acids is 1. The van der Waals surface area contributed by atoms with Crippen molar-refractivity contribution in [3.8, 4) is 0 Å². The summed E-state index contributed by atoms with van der Waals surface area (Å²) in [6.45, 7) is 3.18. The smallest absolute Gasteiger partial charge is 0.289 e. The molecule has 0 spiro atoms. The van der Waals surface area contributed by atoms with Gasteiger partial charge in [0.1, 0.15) is 0 Å². The molecule has 3 heterocycles. The quantitative estimate of drug-likeness (QED) is 0.864. The first-order valence-corrected chi connectivity index (χ1v) is 7.40. The van der Waals surface area contributed by atoms with Crippen molar-refractivity contribution in [3.05, 3.63) is 29.5 Å². The molecule has 0 aliphatic carbocycles. The van der Waals surface area contributed by atoms with E-state index in [1.165, 1.54) is 0 Å². The SMILES string of the molecule is Cc1ccoc1C(=O)N1CCC[C@H](c2nc(N(C)C)no2)C1. The second-order valence-corrected chi connectivity index (χ2v) is 5.85. The maximum Gasteiger partial charge on any atom is 0.289 e. The molecule has 1 amide bonds. The fourth-order valence-corrected chi connectivity index (χ4v) is 2.67. The van der Waals surface area contributed by atoms with Crippen molar-refractivity contribution < 1.29 is 13.7 Å². The van der Waals surface area contributed by atoms with Crippen LogP contribution in [-0.4, -0.2) is 48.1 Å². The van der Waals surface area contributed by atoms with Gasteiger partial charge in [0.15, 0.2) is 5.76 Å². The van der Waals surface area contributed by atoms with Crippen molar-refractivity contribution in [3.63, 3.8) is 0 Å². The lowest BCUT2D eigenvalue weighted by Gasteiger charge is -2.30. The van der Waals surface area contributed by atoms with Crippen LogP contribution in [0.5, 0.6) is 0 Å². The van der Waals surface area contributed by atoms with Gasteiger partial charge >= 0.3 is 0 Å². The zero-order chi connectivity index (χ0) is 15.7. The summed E-state index contributed by atoms with van der Waals surface area (Å²) in [6, 6.07) is 1.80. The third-order valence-corrected chi connectivity index (χ3v) is 3.95. The molecule has 1 aliphatic heterocycles. The van der Waals surface area contributed by atoms with Crippen molar-refractivity contribution in [1.29, 1.82) is 0 Å². The van der Waals surface area contributed by atoms with Gasteiger partial charge in [0.05, 0.1) is 12.2 Å². The largest absolute Gasteiger partial charge is 0.459 e. The molecule has 1 atom stereocenters. The highest BCUT2D eigenvalue weighted by atomic mass is 16.5. The van der Waals surface area contributed by atoms with E-state index < -0.39 is 0 Å². The molecule has 7 nitrogen and oxygen atoms in total. The predicted molar refractivity (Wildman–Crippen MR) is 79.9 cm³/mol. The number of hydrogen-bond acceptors (Lipinski definition) is 6. The molecule has 2 aromatic rings. The van der Waals surface area contributed by atoms with E-state index in [-0.39, 0.29) is 11.8 Å².